The second-order valence-corrected chi connectivity index (χ2v) is 5.66. The molecule has 0 aliphatic heterocycles. The Hall–Kier alpha value is -3.41. The van der Waals surface area contributed by atoms with Gasteiger partial charge in [0, 0.05) is 18.5 Å². The third kappa shape index (κ3) is 4.16. The van der Waals surface area contributed by atoms with Gasteiger partial charge in [-0.05, 0) is 29.7 Å². The maximum absolute atomic E-state index is 12.4. The first kappa shape index (κ1) is 17.4. The van der Waals surface area contributed by atoms with Gasteiger partial charge in [-0.3, -0.25) is 14.6 Å². The molecule has 26 heavy (non-hydrogen) atoms. The molecule has 0 saturated heterocycles. The Labute approximate surface area is 151 Å². The largest absolute Gasteiger partial charge is 0.491 e. The lowest BCUT2D eigenvalue weighted by molar-refractivity contribution is -0.119. The third-order valence-electron chi connectivity index (χ3n) is 3.75. The van der Waals surface area contributed by atoms with Gasteiger partial charge >= 0.3 is 0 Å². The molecule has 0 saturated carbocycles. The lowest BCUT2D eigenvalue weighted by Crippen LogP contribution is -2.25. The Morgan fingerprint density at radius 2 is 1.85 bits per heavy atom. The van der Waals surface area contributed by atoms with Crippen LogP contribution in [0.5, 0.6) is 5.75 Å². The second kappa shape index (κ2) is 8.11. The quantitative estimate of drug-likeness (QED) is 0.671. The molecule has 3 aromatic rings. The summed E-state index contributed by atoms with van der Waals surface area (Å²) in [6.07, 6.45) is 1.58. The molecular formula is C20H19N3O3. The van der Waals surface area contributed by atoms with Crippen molar-refractivity contribution in [3.63, 3.8) is 0 Å². The number of hydrogen-bond donors (Lipinski definition) is 2. The predicted molar refractivity (Wildman–Crippen MR) is 100 cm³/mol. The molecule has 1 aromatic heterocycles. The predicted octanol–water partition coefficient (Wildman–Crippen LogP) is 3.00. The fourth-order valence-corrected chi connectivity index (χ4v) is 2.60. The molecule has 2 N–H and O–H groups in total. The standard InChI is InChI=1S/C20H19N3O3/c1-14(24)21-12-13-26-18-10-5-7-15-6-4-9-16(19(15)18)23-20(25)17-8-2-3-11-22-17/h2-11H,12-13H2,1H3,(H,21,24)(H,23,25). The van der Waals surface area contributed by atoms with Gasteiger partial charge in [-0.1, -0.05) is 30.3 Å². The number of carbonyl (C=O) groups is 2. The molecule has 0 aliphatic carbocycles. The first-order valence-electron chi connectivity index (χ1n) is 8.26. The van der Waals surface area contributed by atoms with Gasteiger partial charge < -0.3 is 15.4 Å². The Kier molecular flexibility index (Phi) is 5.43. The van der Waals surface area contributed by atoms with E-state index >= 15 is 0 Å². The van der Waals surface area contributed by atoms with Crippen molar-refractivity contribution in [2.24, 2.45) is 0 Å². The topological polar surface area (TPSA) is 80.3 Å². The minimum Gasteiger partial charge on any atom is -0.491 e. The molecule has 0 spiro atoms. The molecule has 2 aromatic carbocycles. The fourth-order valence-electron chi connectivity index (χ4n) is 2.60. The maximum Gasteiger partial charge on any atom is 0.274 e. The lowest BCUT2D eigenvalue weighted by atomic mass is 10.1. The van der Waals surface area contributed by atoms with Gasteiger partial charge in [0.05, 0.1) is 12.2 Å². The molecular weight excluding hydrogens is 330 g/mol. The highest BCUT2D eigenvalue weighted by molar-refractivity contribution is 6.09. The third-order valence-corrected chi connectivity index (χ3v) is 3.75. The van der Waals surface area contributed by atoms with Crippen LogP contribution >= 0.6 is 0 Å². The van der Waals surface area contributed by atoms with E-state index in [1.54, 1.807) is 24.4 Å². The van der Waals surface area contributed by atoms with Gasteiger partial charge in [0.25, 0.3) is 5.91 Å². The van der Waals surface area contributed by atoms with Gasteiger partial charge in [0.1, 0.15) is 18.1 Å². The van der Waals surface area contributed by atoms with E-state index in [-0.39, 0.29) is 11.8 Å². The van der Waals surface area contributed by atoms with Crippen LogP contribution in [0.25, 0.3) is 10.8 Å². The first-order chi connectivity index (χ1) is 12.6. The molecule has 1 heterocycles. The van der Waals surface area contributed by atoms with E-state index in [0.29, 0.717) is 30.3 Å². The van der Waals surface area contributed by atoms with Crippen LogP contribution in [-0.2, 0) is 4.79 Å². The summed E-state index contributed by atoms with van der Waals surface area (Å²) in [7, 11) is 0. The number of ether oxygens (including phenoxy) is 1. The Morgan fingerprint density at radius 3 is 2.58 bits per heavy atom. The zero-order valence-corrected chi connectivity index (χ0v) is 14.4. The molecule has 0 unspecified atom stereocenters. The number of benzene rings is 2. The molecule has 0 fully saturated rings. The maximum atomic E-state index is 12.4. The summed E-state index contributed by atoms with van der Waals surface area (Å²) in [5.41, 5.74) is 0.988. The van der Waals surface area contributed by atoms with Crippen molar-refractivity contribution < 1.29 is 14.3 Å². The van der Waals surface area contributed by atoms with E-state index in [2.05, 4.69) is 15.6 Å². The number of nitrogens with one attached hydrogen (secondary N) is 2. The smallest absolute Gasteiger partial charge is 0.274 e. The molecule has 2 amide bonds. The molecule has 0 bridgehead atoms. The summed E-state index contributed by atoms with van der Waals surface area (Å²) in [4.78, 5) is 27.5. The average Bonchev–Trinajstić information content (AvgIpc) is 2.66. The fraction of sp³-hybridized carbons (Fsp3) is 0.150. The van der Waals surface area contributed by atoms with Crippen LogP contribution in [-0.4, -0.2) is 29.9 Å². The van der Waals surface area contributed by atoms with E-state index in [9.17, 15) is 9.59 Å². The van der Waals surface area contributed by atoms with Gasteiger partial charge in [-0.2, -0.15) is 0 Å². The number of aromatic nitrogens is 1. The Bertz CT molecular complexity index is 921. The van der Waals surface area contributed by atoms with Crippen molar-refractivity contribution in [2.75, 3.05) is 18.5 Å². The van der Waals surface area contributed by atoms with Crippen molar-refractivity contribution in [3.05, 3.63) is 66.5 Å². The summed E-state index contributed by atoms with van der Waals surface area (Å²) in [6.45, 7) is 2.21. The molecule has 0 atom stereocenters. The SMILES string of the molecule is CC(=O)NCCOc1cccc2cccc(NC(=O)c3ccccn3)c12. The monoisotopic (exact) mass is 349 g/mol. The molecule has 0 radical (unpaired) electrons. The first-order valence-corrected chi connectivity index (χ1v) is 8.26. The minimum absolute atomic E-state index is 0.102. The number of nitrogens with zero attached hydrogens (tertiary/aromatic N) is 1. The van der Waals surface area contributed by atoms with Crippen LogP contribution in [0.2, 0.25) is 0 Å². The molecule has 132 valence electrons. The summed E-state index contributed by atoms with van der Waals surface area (Å²) in [5, 5.41) is 7.34. The van der Waals surface area contributed by atoms with Crippen molar-refractivity contribution in [2.45, 2.75) is 6.92 Å². The van der Waals surface area contributed by atoms with Gasteiger partial charge in [0.2, 0.25) is 5.91 Å². The number of hydrogen-bond acceptors (Lipinski definition) is 4. The van der Waals surface area contributed by atoms with Crippen molar-refractivity contribution >= 4 is 28.3 Å². The number of amides is 2. The lowest BCUT2D eigenvalue weighted by Gasteiger charge is -2.14. The van der Waals surface area contributed by atoms with Crippen LogP contribution < -0.4 is 15.4 Å². The van der Waals surface area contributed by atoms with E-state index in [4.69, 9.17) is 4.74 Å². The van der Waals surface area contributed by atoms with E-state index in [1.807, 2.05) is 36.4 Å². The van der Waals surface area contributed by atoms with Gasteiger partial charge in [0.15, 0.2) is 0 Å². The van der Waals surface area contributed by atoms with Crippen molar-refractivity contribution in [3.8, 4) is 5.75 Å². The van der Waals surface area contributed by atoms with E-state index < -0.39 is 0 Å². The molecule has 0 aliphatic rings. The average molecular weight is 349 g/mol. The van der Waals surface area contributed by atoms with Crippen molar-refractivity contribution in [1.29, 1.82) is 0 Å². The minimum atomic E-state index is -0.286. The molecule has 6 heteroatoms. The highest BCUT2D eigenvalue weighted by Gasteiger charge is 2.12. The zero-order valence-electron chi connectivity index (χ0n) is 14.4. The van der Waals surface area contributed by atoms with Crippen LogP contribution in [0.4, 0.5) is 5.69 Å². The highest BCUT2D eigenvalue weighted by Crippen LogP contribution is 2.32. The Morgan fingerprint density at radius 1 is 1.04 bits per heavy atom. The van der Waals surface area contributed by atoms with E-state index in [0.717, 1.165) is 10.8 Å². The van der Waals surface area contributed by atoms with Gasteiger partial charge in [-0.25, -0.2) is 0 Å². The summed E-state index contributed by atoms with van der Waals surface area (Å²) in [6, 6.07) is 16.5. The number of fused-ring (bicyclic) bond motifs is 1. The van der Waals surface area contributed by atoms with Gasteiger partial charge in [-0.15, -0.1) is 0 Å². The summed E-state index contributed by atoms with van der Waals surface area (Å²) < 4.78 is 5.82. The van der Waals surface area contributed by atoms with Crippen LogP contribution in [0.3, 0.4) is 0 Å². The van der Waals surface area contributed by atoms with E-state index in [1.165, 1.54) is 6.92 Å². The number of rotatable bonds is 6. The van der Waals surface area contributed by atoms with Crippen LogP contribution in [0, 0.1) is 0 Å². The highest BCUT2D eigenvalue weighted by atomic mass is 16.5. The van der Waals surface area contributed by atoms with Crippen LogP contribution in [0.15, 0.2) is 60.8 Å². The normalized spacial score (nSPS) is 10.3. The zero-order chi connectivity index (χ0) is 18.4. The number of carbonyl (C=O) groups excluding carboxylic acids is 2. The Balaban J connectivity index is 1.85. The molecule has 6 nitrogen and oxygen atoms in total. The van der Waals surface area contributed by atoms with Crippen LogP contribution in [0.1, 0.15) is 17.4 Å². The number of pyridine rings is 1. The molecule has 3 rings (SSSR count). The second-order valence-electron chi connectivity index (χ2n) is 5.66. The summed E-state index contributed by atoms with van der Waals surface area (Å²) >= 11 is 0. The summed E-state index contributed by atoms with van der Waals surface area (Å²) in [5.74, 6) is 0.255. The number of anilines is 1. The van der Waals surface area contributed by atoms with Crippen molar-refractivity contribution in [1.82, 2.24) is 10.3 Å².